The molecule has 1 aliphatic heterocycles. The maximum absolute atomic E-state index is 12.0. The first-order valence-electron chi connectivity index (χ1n) is 8.51. The Morgan fingerprint density at radius 1 is 1.26 bits per heavy atom. The van der Waals surface area contributed by atoms with E-state index < -0.39 is 11.9 Å². The van der Waals surface area contributed by atoms with E-state index in [1.807, 2.05) is 30.3 Å². The highest BCUT2D eigenvalue weighted by atomic mass is 35.5. The summed E-state index contributed by atoms with van der Waals surface area (Å²) in [7, 11) is 1.52. The van der Waals surface area contributed by atoms with Crippen LogP contribution in [0.1, 0.15) is 17.5 Å². The molecule has 1 saturated heterocycles. The third-order valence-corrected chi connectivity index (χ3v) is 4.73. The molecule has 0 radical (unpaired) electrons. The van der Waals surface area contributed by atoms with Gasteiger partial charge >= 0.3 is 5.97 Å². The second-order valence-corrected chi connectivity index (χ2v) is 6.80. The van der Waals surface area contributed by atoms with Crippen LogP contribution in [0.5, 0.6) is 11.5 Å². The number of hydrogen-bond acceptors (Lipinski definition) is 4. The summed E-state index contributed by atoms with van der Waals surface area (Å²) in [6.45, 7) is 0.819. The van der Waals surface area contributed by atoms with Crippen LogP contribution in [-0.4, -0.2) is 35.5 Å². The van der Waals surface area contributed by atoms with Gasteiger partial charge in [-0.1, -0.05) is 41.9 Å². The fourth-order valence-electron chi connectivity index (χ4n) is 3.05. The van der Waals surface area contributed by atoms with Crippen molar-refractivity contribution in [3.63, 3.8) is 0 Å². The number of methoxy groups -OCH3 is 1. The van der Waals surface area contributed by atoms with Crippen LogP contribution in [0, 0.1) is 5.92 Å². The number of likely N-dealkylation sites (tertiary alicyclic amines) is 1. The third kappa shape index (κ3) is 4.52. The van der Waals surface area contributed by atoms with Gasteiger partial charge in [0.2, 0.25) is 5.91 Å². The molecule has 0 aromatic heterocycles. The van der Waals surface area contributed by atoms with Gasteiger partial charge in [-0.2, -0.15) is 0 Å². The summed E-state index contributed by atoms with van der Waals surface area (Å²) < 4.78 is 11.2. The van der Waals surface area contributed by atoms with E-state index in [9.17, 15) is 9.59 Å². The average molecular weight is 390 g/mol. The van der Waals surface area contributed by atoms with E-state index >= 15 is 0 Å². The van der Waals surface area contributed by atoms with E-state index in [1.54, 1.807) is 12.1 Å². The van der Waals surface area contributed by atoms with Crippen molar-refractivity contribution in [2.75, 3.05) is 13.7 Å². The number of hydrogen-bond donors (Lipinski definition) is 1. The largest absolute Gasteiger partial charge is 0.493 e. The number of halogens is 1. The molecule has 0 spiro atoms. The zero-order valence-electron chi connectivity index (χ0n) is 14.9. The minimum Gasteiger partial charge on any atom is -0.493 e. The van der Waals surface area contributed by atoms with Gasteiger partial charge in [-0.05, 0) is 23.3 Å². The second-order valence-electron chi connectivity index (χ2n) is 6.40. The molecule has 3 rings (SSSR count). The third-order valence-electron chi connectivity index (χ3n) is 4.45. The number of carbonyl (C=O) groups is 2. The van der Waals surface area contributed by atoms with Crippen LogP contribution in [0.2, 0.25) is 5.02 Å². The predicted octanol–water partition coefficient (Wildman–Crippen LogP) is 3.36. The lowest BCUT2D eigenvalue weighted by Crippen LogP contribution is -2.25. The maximum atomic E-state index is 12.0. The van der Waals surface area contributed by atoms with Crippen LogP contribution in [0.25, 0.3) is 0 Å². The number of carboxylic acid groups (broad SMARTS) is 1. The van der Waals surface area contributed by atoms with Crippen molar-refractivity contribution in [3.05, 3.63) is 58.6 Å². The fourth-order valence-corrected chi connectivity index (χ4v) is 3.33. The number of nitrogens with zero attached hydrogens (tertiary/aromatic N) is 1. The molecule has 142 valence electrons. The molecule has 1 heterocycles. The lowest BCUT2D eigenvalue weighted by Gasteiger charge is -2.19. The monoisotopic (exact) mass is 389 g/mol. The summed E-state index contributed by atoms with van der Waals surface area (Å²) in [5.74, 6) is -0.894. The summed E-state index contributed by atoms with van der Waals surface area (Å²) in [6.07, 6.45) is 0.0263. The van der Waals surface area contributed by atoms with Gasteiger partial charge in [0.05, 0.1) is 18.1 Å². The molecule has 1 amide bonds. The van der Waals surface area contributed by atoms with Crippen molar-refractivity contribution in [1.82, 2.24) is 4.90 Å². The minimum atomic E-state index is -0.953. The van der Waals surface area contributed by atoms with Gasteiger partial charge in [0.25, 0.3) is 0 Å². The Bertz CT molecular complexity index is 840. The minimum absolute atomic E-state index is 0.0263. The van der Waals surface area contributed by atoms with E-state index in [-0.39, 0.29) is 25.4 Å². The second kappa shape index (κ2) is 8.31. The maximum Gasteiger partial charge on any atom is 0.308 e. The number of ether oxygens (including phenoxy) is 2. The van der Waals surface area contributed by atoms with E-state index in [4.69, 9.17) is 26.2 Å². The number of benzene rings is 2. The van der Waals surface area contributed by atoms with Crippen molar-refractivity contribution in [2.24, 2.45) is 5.92 Å². The van der Waals surface area contributed by atoms with Crippen molar-refractivity contribution < 1.29 is 24.2 Å². The standard InChI is InChI=1S/C20H20ClNO5/c1-26-17-8-14(10-22-11-15(20(24)25)9-18(22)23)7-16(21)19(17)27-12-13-5-3-2-4-6-13/h2-8,15H,9-12H2,1H3,(H,24,25). The van der Waals surface area contributed by atoms with E-state index in [0.29, 0.717) is 23.1 Å². The highest BCUT2D eigenvalue weighted by Gasteiger charge is 2.34. The van der Waals surface area contributed by atoms with Gasteiger partial charge < -0.3 is 19.5 Å². The number of carboxylic acids is 1. The van der Waals surface area contributed by atoms with E-state index in [1.165, 1.54) is 12.0 Å². The Balaban J connectivity index is 1.74. The molecule has 7 heteroatoms. The van der Waals surface area contributed by atoms with Crippen LogP contribution in [-0.2, 0) is 22.7 Å². The molecular formula is C20H20ClNO5. The summed E-state index contributed by atoms with van der Waals surface area (Å²) in [6, 6.07) is 13.2. The van der Waals surface area contributed by atoms with Crippen LogP contribution < -0.4 is 9.47 Å². The fraction of sp³-hybridized carbons (Fsp3) is 0.300. The average Bonchev–Trinajstić information content (AvgIpc) is 3.02. The van der Waals surface area contributed by atoms with E-state index in [0.717, 1.165) is 11.1 Å². The molecule has 1 fully saturated rings. The zero-order valence-corrected chi connectivity index (χ0v) is 15.6. The van der Waals surface area contributed by atoms with Crippen molar-refractivity contribution >= 4 is 23.5 Å². The Morgan fingerprint density at radius 3 is 2.63 bits per heavy atom. The topological polar surface area (TPSA) is 76.1 Å². The SMILES string of the molecule is COc1cc(CN2CC(C(=O)O)CC2=O)cc(Cl)c1OCc1ccccc1. The molecule has 0 bridgehead atoms. The normalized spacial score (nSPS) is 16.4. The number of amides is 1. The molecule has 1 atom stereocenters. The summed E-state index contributed by atoms with van der Waals surface area (Å²) in [5.41, 5.74) is 1.75. The van der Waals surface area contributed by atoms with Crippen molar-refractivity contribution in [2.45, 2.75) is 19.6 Å². The van der Waals surface area contributed by atoms with Crippen molar-refractivity contribution in [3.8, 4) is 11.5 Å². The van der Waals surface area contributed by atoms with Gasteiger partial charge in [0, 0.05) is 19.5 Å². The molecule has 1 unspecified atom stereocenters. The molecule has 2 aromatic carbocycles. The van der Waals surface area contributed by atoms with Gasteiger partial charge in [-0.15, -0.1) is 0 Å². The summed E-state index contributed by atoms with van der Waals surface area (Å²) in [5, 5.41) is 9.47. The Labute approximate surface area is 162 Å². The lowest BCUT2D eigenvalue weighted by atomic mass is 10.1. The van der Waals surface area contributed by atoms with Crippen LogP contribution in [0.4, 0.5) is 0 Å². The quantitative estimate of drug-likeness (QED) is 0.785. The van der Waals surface area contributed by atoms with Gasteiger partial charge in [-0.3, -0.25) is 9.59 Å². The smallest absolute Gasteiger partial charge is 0.308 e. The van der Waals surface area contributed by atoms with Gasteiger partial charge in [0.1, 0.15) is 6.61 Å². The Kier molecular flexibility index (Phi) is 5.86. The summed E-state index contributed by atoms with van der Waals surface area (Å²) >= 11 is 6.38. The Hall–Kier alpha value is -2.73. The van der Waals surface area contributed by atoms with Crippen LogP contribution in [0.15, 0.2) is 42.5 Å². The van der Waals surface area contributed by atoms with Crippen LogP contribution in [0.3, 0.4) is 0 Å². The highest BCUT2D eigenvalue weighted by Crippen LogP contribution is 2.37. The van der Waals surface area contributed by atoms with Gasteiger partial charge in [0.15, 0.2) is 11.5 Å². The molecule has 6 nitrogen and oxygen atoms in total. The molecule has 0 saturated carbocycles. The first-order valence-corrected chi connectivity index (χ1v) is 8.89. The molecule has 27 heavy (non-hydrogen) atoms. The van der Waals surface area contributed by atoms with E-state index in [2.05, 4.69) is 0 Å². The molecule has 1 aliphatic rings. The molecule has 0 aliphatic carbocycles. The van der Waals surface area contributed by atoms with Crippen molar-refractivity contribution in [1.29, 1.82) is 0 Å². The summed E-state index contributed by atoms with van der Waals surface area (Å²) in [4.78, 5) is 24.7. The molecule has 1 N–H and O–H groups in total. The van der Waals surface area contributed by atoms with Gasteiger partial charge in [-0.25, -0.2) is 0 Å². The lowest BCUT2D eigenvalue weighted by molar-refractivity contribution is -0.141. The number of rotatable bonds is 7. The zero-order chi connectivity index (χ0) is 19.4. The Morgan fingerprint density at radius 2 is 2.00 bits per heavy atom. The predicted molar refractivity (Wildman–Crippen MR) is 99.9 cm³/mol. The molecule has 2 aromatic rings. The first-order chi connectivity index (χ1) is 13.0. The molecular weight excluding hydrogens is 370 g/mol. The highest BCUT2D eigenvalue weighted by molar-refractivity contribution is 6.32. The number of aliphatic carboxylic acids is 1. The first kappa shape index (κ1) is 19.0. The van der Waals surface area contributed by atoms with Crippen LogP contribution >= 0.6 is 11.6 Å². The number of carbonyl (C=O) groups excluding carboxylic acids is 1.